The number of anilines is 2. The summed E-state index contributed by atoms with van der Waals surface area (Å²) in [6.07, 6.45) is 2.27. The summed E-state index contributed by atoms with van der Waals surface area (Å²) in [5, 5.41) is 0. The molecular weight excluding hydrogens is 362 g/mol. The largest absolute Gasteiger partial charge is 0.305 e. The minimum Gasteiger partial charge on any atom is -0.305 e. The third-order valence-corrected chi connectivity index (χ3v) is 5.35. The molecule has 0 bridgehead atoms. The highest BCUT2D eigenvalue weighted by atomic mass is 16.2. The lowest BCUT2D eigenvalue weighted by Gasteiger charge is -2.43. The van der Waals surface area contributed by atoms with Crippen molar-refractivity contribution in [2.45, 2.75) is 32.4 Å². The molecule has 2 amide bonds. The number of carbonyl (C=O) groups is 2. The number of fused-ring (bicyclic) bond motifs is 1. The highest BCUT2D eigenvalue weighted by Crippen LogP contribution is 2.42. The van der Waals surface area contributed by atoms with Crippen LogP contribution in [0.3, 0.4) is 0 Å². The van der Waals surface area contributed by atoms with Crippen molar-refractivity contribution in [1.82, 2.24) is 4.98 Å². The van der Waals surface area contributed by atoms with Crippen LogP contribution in [0.4, 0.5) is 11.4 Å². The summed E-state index contributed by atoms with van der Waals surface area (Å²) in [7, 11) is 0. The van der Waals surface area contributed by atoms with E-state index in [1.165, 1.54) is 0 Å². The number of pyridine rings is 1. The normalized spacial score (nSPS) is 18.1. The van der Waals surface area contributed by atoms with Gasteiger partial charge in [-0.1, -0.05) is 42.5 Å². The van der Waals surface area contributed by atoms with Crippen LogP contribution < -0.4 is 9.80 Å². The van der Waals surface area contributed by atoms with Gasteiger partial charge in [0, 0.05) is 30.5 Å². The van der Waals surface area contributed by atoms with Gasteiger partial charge in [0.25, 0.3) is 5.91 Å². The molecule has 0 radical (unpaired) electrons. The average Bonchev–Trinajstić information content (AvgIpc) is 2.75. The summed E-state index contributed by atoms with van der Waals surface area (Å²) in [6.45, 7) is 3.61. The van der Waals surface area contributed by atoms with Crippen LogP contribution in [0.2, 0.25) is 0 Å². The van der Waals surface area contributed by atoms with Gasteiger partial charge in [0.15, 0.2) is 0 Å². The van der Waals surface area contributed by atoms with Crippen molar-refractivity contribution in [3.05, 3.63) is 90.3 Å². The molecule has 2 aromatic carbocycles. The zero-order chi connectivity index (χ0) is 20.4. The van der Waals surface area contributed by atoms with Gasteiger partial charge in [-0.2, -0.15) is 0 Å². The van der Waals surface area contributed by atoms with E-state index >= 15 is 0 Å². The van der Waals surface area contributed by atoms with E-state index in [2.05, 4.69) is 4.98 Å². The number of amides is 2. The Morgan fingerprint density at radius 1 is 0.966 bits per heavy atom. The average molecular weight is 385 g/mol. The number of rotatable bonds is 3. The molecular formula is C24H23N3O2. The first kappa shape index (κ1) is 18.9. The fourth-order valence-corrected chi connectivity index (χ4v) is 4.12. The van der Waals surface area contributed by atoms with Crippen LogP contribution in [0.5, 0.6) is 0 Å². The van der Waals surface area contributed by atoms with Gasteiger partial charge in [-0.3, -0.25) is 14.6 Å². The summed E-state index contributed by atoms with van der Waals surface area (Å²) < 4.78 is 0. The topological polar surface area (TPSA) is 53.5 Å². The van der Waals surface area contributed by atoms with E-state index in [0.29, 0.717) is 12.1 Å². The summed E-state index contributed by atoms with van der Waals surface area (Å²) >= 11 is 0. The third-order valence-electron chi connectivity index (χ3n) is 5.35. The van der Waals surface area contributed by atoms with Gasteiger partial charge < -0.3 is 9.80 Å². The van der Waals surface area contributed by atoms with Gasteiger partial charge in [-0.25, -0.2) is 0 Å². The molecule has 1 aliphatic rings. The van der Waals surface area contributed by atoms with Crippen molar-refractivity contribution >= 4 is 23.2 Å². The van der Waals surface area contributed by atoms with Gasteiger partial charge >= 0.3 is 0 Å². The maximum Gasteiger partial charge on any atom is 0.277 e. The second-order valence-electron chi connectivity index (χ2n) is 7.27. The van der Waals surface area contributed by atoms with Crippen molar-refractivity contribution in [3.63, 3.8) is 0 Å². The van der Waals surface area contributed by atoms with E-state index in [9.17, 15) is 9.59 Å². The van der Waals surface area contributed by atoms with E-state index in [4.69, 9.17) is 0 Å². The van der Waals surface area contributed by atoms with Crippen LogP contribution in [0.1, 0.15) is 42.4 Å². The molecule has 29 heavy (non-hydrogen) atoms. The number of hydrogen-bond donors (Lipinski definition) is 0. The molecule has 2 heterocycles. The molecule has 1 aromatic heterocycles. The fourth-order valence-electron chi connectivity index (χ4n) is 4.12. The van der Waals surface area contributed by atoms with Gasteiger partial charge in [0.05, 0.1) is 6.04 Å². The highest BCUT2D eigenvalue weighted by Gasteiger charge is 2.38. The minimum atomic E-state index is -0.145. The Kier molecular flexibility index (Phi) is 5.12. The van der Waals surface area contributed by atoms with E-state index < -0.39 is 0 Å². The first-order chi connectivity index (χ1) is 14.1. The van der Waals surface area contributed by atoms with Crippen LogP contribution in [0.15, 0.2) is 79.0 Å². The monoisotopic (exact) mass is 385 g/mol. The zero-order valence-electron chi connectivity index (χ0n) is 16.5. The van der Waals surface area contributed by atoms with Crippen molar-refractivity contribution < 1.29 is 9.59 Å². The second-order valence-corrected chi connectivity index (χ2v) is 7.27. The molecule has 0 saturated heterocycles. The Bertz CT molecular complexity index is 1020. The minimum absolute atomic E-state index is 0.0206. The maximum atomic E-state index is 13.2. The quantitative estimate of drug-likeness (QED) is 0.661. The molecule has 0 saturated carbocycles. The predicted octanol–water partition coefficient (Wildman–Crippen LogP) is 4.61. The first-order valence-corrected chi connectivity index (χ1v) is 9.76. The van der Waals surface area contributed by atoms with Crippen molar-refractivity contribution in [2.75, 3.05) is 9.80 Å². The van der Waals surface area contributed by atoms with E-state index in [0.717, 1.165) is 16.9 Å². The van der Waals surface area contributed by atoms with Crippen LogP contribution in [-0.4, -0.2) is 22.8 Å². The molecule has 5 nitrogen and oxygen atoms in total. The standard InChI is InChI=1S/C24H23N3O2/c1-17-16-23(27(18(2)28)19-10-4-3-5-11-19)20-12-6-7-14-22(20)26(17)24(29)21-13-8-9-15-25-21/h3-15,17,23H,16H2,1-2H3. The Hall–Kier alpha value is -3.47. The van der Waals surface area contributed by atoms with Crippen molar-refractivity contribution in [2.24, 2.45) is 0 Å². The zero-order valence-corrected chi connectivity index (χ0v) is 16.5. The van der Waals surface area contributed by atoms with Gasteiger partial charge in [-0.05, 0) is 49.2 Å². The van der Waals surface area contributed by atoms with E-state index in [1.807, 2.05) is 72.5 Å². The molecule has 0 N–H and O–H groups in total. The number of benzene rings is 2. The molecule has 0 fully saturated rings. The molecule has 2 unspecified atom stereocenters. The Balaban J connectivity index is 1.79. The smallest absolute Gasteiger partial charge is 0.277 e. The van der Waals surface area contributed by atoms with Gasteiger partial charge in [0.2, 0.25) is 5.91 Å². The summed E-state index contributed by atoms with van der Waals surface area (Å²) in [4.78, 5) is 33.7. The highest BCUT2D eigenvalue weighted by molar-refractivity contribution is 6.06. The molecule has 0 aliphatic carbocycles. The molecule has 0 spiro atoms. The maximum absolute atomic E-state index is 13.2. The number of hydrogen-bond acceptors (Lipinski definition) is 3. The first-order valence-electron chi connectivity index (χ1n) is 9.76. The molecule has 146 valence electrons. The summed E-state index contributed by atoms with van der Waals surface area (Å²) in [6, 6.07) is 22.6. The lowest BCUT2D eigenvalue weighted by atomic mass is 9.89. The molecule has 1 aliphatic heterocycles. The number of carbonyl (C=O) groups excluding carboxylic acids is 2. The summed E-state index contributed by atoms with van der Waals surface area (Å²) in [5.41, 5.74) is 3.07. The molecule has 2 atom stereocenters. The Morgan fingerprint density at radius 2 is 1.66 bits per heavy atom. The second kappa shape index (κ2) is 7.87. The number of para-hydroxylation sites is 2. The lowest BCUT2D eigenvalue weighted by molar-refractivity contribution is -0.117. The predicted molar refractivity (Wildman–Crippen MR) is 114 cm³/mol. The summed E-state index contributed by atoms with van der Waals surface area (Å²) in [5.74, 6) is -0.147. The third kappa shape index (κ3) is 3.51. The van der Waals surface area contributed by atoms with Crippen LogP contribution in [0.25, 0.3) is 0 Å². The van der Waals surface area contributed by atoms with E-state index in [1.54, 1.807) is 30.2 Å². The Morgan fingerprint density at radius 3 is 2.34 bits per heavy atom. The van der Waals surface area contributed by atoms with Gasteiger partial charge in [0.1, 0.15) is 5.69 Å². The van der Waals surface area contributed by atoms with E-state index in [-0.39, 0.29) is 23.9 Å². The SMILES string of the molecule is CC(=O)N(c1ccccc1)C1CC(C)N(C(=O)c2ccccn2)c2ccccc21. The van der Waals surface area contributed by atoms with Crippen molar-refractivity contribution in [1.29, 1.82) is 0 Å². The number of nitrogens with zero attached hydrogens (tertiary/aromatic N) is 3. The lowest BCUT2D eigenvalue weighted by Crippen LogP contribution is -2.47. The molecule has 3 aromatic rings. The van der Waals surface area contributed by atoms with Gasteiger partial charge in [-0.15, -0.1) is 0 Å². The van der Waals surface area contributed by atoms with Crippen LogP contribution in [0, 0.1) is 0 Å². The van der Waals surface area contributed by atoms with Crippen LogP contribution in [-0.2, 0) is 4.79 Å². The Labute approximate surface area is 170 Å². The molecule has 5 heteroatoms. The van der Waals surface area contributed by atoms with Crippen molar-refractivity contribution in [3.8, 4) is 0 Å². The fraction of sp³-hybridized carbons (Fsp3) is 0.208. The molecule has 4 rings (SSSR count). The van der Waals surface area contributed by atoms with Crippen LogP contribution >= 0.6 is 0 Å². The number of aromatic nitrogens is 1.